The number of nitrogens with zero attached hydrogens (tertiary/aromatic N) is 2. The number of ether oxygens (including phenoxy) is 1. The predicted octanol–water partition coefficient (Wildman–Crippen LogP) is 2.00. The van der Waals surface area contributed by atoms with Crippen LogP contribution in [0.5, 0.6) is 0 Å². The predicted molar refractivity (Wildman–Crippen MR) is 66.8 cm³/mol. The first-order chi connectivity index (χ1) is 8.24. The van der Waals surface area contributed by atoms with Crippen molar-refractivity contribution in [1.29, 1.82) is 0 Å². The molecule has 0 radical (unpaired) electrons. The van der Waals surface area contributed by atoms with E-state index in [1.165, 1.54) is 0 Å². The van der Waals surface area contributed by atoms with Gasteiger partial charge >= 0.3 is 0 Å². The summed E-state index contributed by atoms with van der Waals surface area (Å²) in [5.41, 5.74) is 5.91. The van der Waals surface area contributed by atoms with Gasteiger partial charge in [0.1, 0.15) is 0 Å². The van der Waals surface area contributed by atoms with Gasteiger partial charge in [0.05, 0.1) is 27.8 Å². The van der Waals surface area contributed by atoms with E-state index in [2.05, 4.69) is 26.1 Å². The maximum atomic E-state index is 5.91. The molecule has 0 saturated carbocycles. The largest absolute Gasteiger partial charge is 0.379 e. The lowest BCUT2D eigenvalue weighted by Crippen LogP contribution is -2.26. The van der Waals surface area contributed by atoms with Gasteiger partial charge in [0.2, 0.25) is 11.7 Å². The monoisotopic (exact) mass is 315 g/mol. The summed E-state index contributed by atoms with van der Waals surface area (Å²) in [6.45, 7) is 1.10. The number of thiophene rings is 1. The topological polar surface area (TPSA) is 74.2 Å². The second-order valence-electron chi connectivity index (χ2n) is 3.87. The van der Waals surface area contributed by atoms with Crippen molar-refractivity contribution in [1.82, 2.24) is 10.1 Å². The summed E-state index contributed by atoms with van der Waals surface area (Å²) in [5, 5.41) is 3.97. The maximum absolute atomic E-state index is 5.91. The summed E-state index contributed by atoms with van der Waals surface area (Å²) in [6, 6.07) is 3.85. The van der Waals surface area contributed by atoms with Gasteiger partial charge in [-0.15, -0.1) is 11.3 Å². The van der Waals surface area contributed by atoms with Crippen molar-refractivity contribution in [3.05, 3.63) is 21.8 Å². The number of aromatic nitrogens is 2. The van der Waals surface area contributed by atoms with E-state index in [1.54, 1.807) is 11.3 Å². The molecule has 7 heteroatoms. The van der Waals surface area contributed by atoms with Gasteiger partial charge in [-0.25, -0.2) is 0 Å². The summed E-state index contributed by atoms with van der Waals surface area (Å²) in [4.78, 5) is 5.35. The molecule has 1 saturated heterocycles. The minimum atomic E-state index is -0.0571. The molecule has 2 N–H and O–H groups in total. The summed E-state index contributed by atoms with van der Waals surface area (Å²) in [6.07, 6.45) is 0. The Kier molecular flexibility index (Phi) is 2.99. The van der Waals surface area contributed by atoms with Gasteiger partial charge in [-0.3, -0.25) is 0 Å². The Morgan fingerprint density at radius 2 is 2.29 bits per heavy atom. The molecule has 0 aliphatic carbocycles. The number of halogens is 1. The normalized spacial score (nSPS) is 24.4. The SMILES string of the molecule is NC1COCC1c1nc(-c2ccc(Br)s2)no1. The molecule has 2 aromatic rings. The third-order valence-corrected chi connectivity index (χ3v) is 4.30. The van der Waals surface area contributed by atoms with E-state index in [1.807, 2.05) is 12.1 Å². The van der Waals surface area contributed by atoms with Crippen LogP contribution in [-0.2, 0) is 4.74 Å². The highest BCUT2D eigenvalue weighted by molar-refractivity contribution is 9.11. The quantitative estimate of drug-likeness (QED) is 0.917. The van der Waals surface area contributed by atoms with Crippen molar-refractivity contribution in [2.45, 2.75) is 12.0 Å². The minimum absolute atomic E-state index is 0.0136. The van der Waals surface area contributed by atoms with Gasteiger partial charge in [-0.05, 0) is 28.1 Å². The minimum Gasteiger partial charge on any atom is -0.379 e. The lowest BCUT2D eigenvalue weighted by molar-refractivity contribution is 0.187. The fourth-order valence-electron chi connectivity index (χ4n) is 1.75. The first-order valence-electron chi connectivity index (χ1n) is 5.16. The average Bonchev–Trinajstić information content (AvgIpc) is 2.97. The van der Waals surface area contributed by atoms with Crippen LogP contribution in [0.3, 0.4) is 0 Å². The standard InChI is InChI=1S/C10H10BrN3O2S/c11-8-2-1-7(17-8)9-13-10(16-14-9)5-3-15-4-6(5)12/h1-2,5-6H,3-4,12H2. The van der Waals surface area contributed by atoms with E-state index in [4.69, 9.17) is 15.0 Å². The Morgan fingerprint density at radius 3 is 2.94 bits per heavy atom. The first kappa shape index (κ1) is 11.3. The van der Waals surface area contributed by atoms with Crippen LogP contribution < -0.4 is 5.73 Å². The van der Waals surface area contributed by atoms with E-state index in [9.17, 15) is 0 Å². The molecule has 2 atom stereocenters. The molecule has 0 spiro atoms. The van der Waals surface area contributed by atoms with Crippen LogP contribution in [0, 0.1) is 0 Å². The average molecular weight is 316 g/mol. The Labute approximate surface area is 110 Å². The van der Waals surface area contributed by atoms with Gasteiger partial charge in [-0.1, -0.05) is 5.16 Å². The van der Waals surface area contributed by atoms with Gasteiger partial charge in [0, 0.05) is 6.04 Å². The van der Waals surface area contributed by atoms with Crippen molar-refractivity contribution in [2.24, 2.45) is 5.73 Å². The van der Waals surface area contributed by atoms with Crippen molar-refractivity contribution in [3.8, 4) is 10.7 Å². The van der Waals surface area contributed by atoms with Crippen LogP contribution in [0.4, 0.5) is 0 Å². The summed E-state index contributed by atoms with van der Waals surface area (Å²) < 4.78 is 11.6. The highest BCUT2D eigenvalue weighted by atomic mass is 79.9. The molecule has 3 heterocycles. The first-order valence-corrected chi connectivity index (χ1v) is 6.77. The lowest BCUT2D eigenvalue weighted by atomic mass is 10.1. The fourth-order valence-corrected chi connectivity index (χ4v) is 3.06. The van der Waals surface area contributed by atoms with E-state index in [-0.39, 0.29) is 12.0 Å². The lowest BCUT2D eigenvalue weighted by Gasteiger charge is -2.05. The van der Waals surface area contributed by atoms with Crippen LogP contribution in [0.25, 0.3) is 10.7 Å². The van der Waals surface area contributed by atoms with Gasteiger partial charge < -0.3 is 15.0 Å². The number of nitrogens with two attached hydrogens (primary N) is 1. The van der Waals surface area contributed by atoms with Crippen molar-refractivity contribution < 1.29 is 9.26 Å². The Hall–Kier alpha value is -0.760. The third-order valence-electron chi connectivity index (χ3n) is 2.68. The maximum Gasteiger partial charge on any atom is 0.234 e. The molecule has 17 heavy (non-hydrogen) atoms. The van der Waals surface area contributed by atoms with Crippen LogP contribution >= 0.6 is 27.3 Å². The molecule has 3 rings (SSSR count). The highest BCUT2D eigenvalue weighted by Crippen LogP contribution is 2.31. The molecular weight excluding hydrogens is 306 g/mol. The van der Waals surface area contributed by atoms with E-state index in [0.717, 1.165) is 8.66 Å². The molecular formula is C10H10BrN3O2S. The Balaban J connectivity index is 1.87. The molecule has 2 aromatic heterocycles. The van der Waals surface area contributed by atoms with Gasteiger partial charge in [0.15, 0.2) is 0 Å². The van der Waals surface area contributed by atoms with E-state index >= 15 is 0 Å². The number of hydrogen-bond acceptors (Lipinski definition) is 6. The van der Waals surface area contributed by atoms with Crippen molar-refractivity contribution in [3.63, 3.8) is 0 Å². The Morgan fingerprint density at radius 1 is 1.41 bits per heavy atom. The smallest absolute Gasteiger partial charge is 0.234 e. The fraction of sp³-hybridized carbons (Fsp3) is 0.400. The second kappa shape index (κ2) is 4.49. The van der Waals surface area contributed by atoms with Crippen LogP contribution in [0.15, 0.2) is 20.4 Å². The highest BCUT2D eigenvalue weighted by Gasteiger charge is 2.31. The molecule has 2 unspecified atom stereocenters. The summed E-state index contributed by atoms with van der Waals surface area (Å²) >= 11 is 4.97. The van der Waals surface area contributed by atoms with Crippen LogP contribution in [0.1, 0.15) is 11.8 Å². The number of rotatable bonds is 2. The molecule has 0 aromatic carbocycles. The number of hydrogen-bond donors (Lipinski definition) is 1. The van der Waals surface area contributed by atoms with E-state index < -0.39 is 0 Å². The molecule has 1 fully saturated rings. The van der Waals surface area contributed by atoms with Crippen molar-refractivity contribution >= 4 is 27.3 Å². The molecule has 90 valence electrons. The van der Waals surface area contributed by atoms with Gasteiger partial charge in [-0.2, -0.15) is 4.98 Å². The molecule has 0 bridgehead atoms. The molecule has 5 nitrogen and oxygen atoms in total. The van der Waals surface area contributed by atoms with Crippen molar-refractivity contribution in [2.75, 3.05) is 13.2 Å². The molecule has 1 aliphatic rings. The zero-order valence-corrected chi connectivity index (χ0v) is 11.2. The zero-order valence-electron chi connectivity index (χ0n) is 8.80. The van der Waals surface area contributed by atoms with Gasteiger partial charge in [0.25, 0.3) is 0 Å². The van der Waals surface area contributed by atoms with Crippen LogP contribution in [0.2, 0.25) is 0 Å². The third kappa shape index (κ3) is 2.15. The van der Waals surface area contributed by atoms with E-state index in [0.29, 0.717) is 24.9 Å². The molecule has 1 aliphatic heterocycles. The summed E-state index contributed by atoms with van der Waals surface area (Å²) in [7, 11) is 0. The zero-order chi connectivity index (χ0) is 11.8. The van der Waals surface area contributed by atoms with Crippen LogP contribution in [-0.4, -0.2) is 29.4 Å². The summed E-state index contributed by atoms with van der Waals surface area (Å²) in [5.74, 6) is 1.18. The molecule has 0 amide bonds. The Bertz CT molecular complexity index is 527. The second-order valence-corrected chi connectivity index (χ2v) is 6.33.